The molecular formula is C30H46O3. The van der Waals surface area contributed by atoms with Crippen molar-refractivity contribution in [1.82, 2.24) is 0 Å². The number of carboxylic acids is 1. The van der Waals surface area contributed by atoms with Crippen molar-refractivity contribution in [2.45, 2.75) is 112 Å². The summed E-state index contributed by atoms with van der Waals surface area (Å²) in [5.41, 5.74) is 2.87. The third-order valence-corrected chi connectivity index (χ3v) is 12.7. The van der Waals surface area contributed by atoms with Gasteiger partial charge in [0.25, 0.3) is 0 Å². The van der Waals surface area contributed by atoms with Crippen LogP contribution in [0.25, 0.3) is 0 Å². The average molecular weight is 455 g/mol. The maximum atomic E-state index is 12.2. The van der Waals surface area contributed by atoms with Gasteiger partial charge in [0.05, 0.1) is 11.5 Å². The van der Waals surface area contributed by atoms with E-state index in [1.165, 1.54) is 36.8 Å². The van der Waals surface area contributed by atoms with E-state index in [9.17, 15) is 15.0 Å². The van der Waals surface area contributed by atoms with Gasteiger partial charge >= 0.3 is 5.97 Å². The lowest BCUT2D eigenvalue weighted by molar-refractivity contribution is -0.182. The first kappa shape index (κ1) is 23.6. The van der Waals surface area contributed by atoms with Crippen LogP contribution in [0.3, 0.4) is 0 Å². The summed E-state index contributed by atoms with van der Waals surface area (Å²) in [5, 5.41) is 20.9. The van der Waals surface area contributed by atoms with Crippen molar-refractivity contribution >= 4 is 5.97 Å². The van der Waals surface area contributed by atoms with Gasteiger partial charge in [-0.3, -0.25) is 4.79 Å². The molecule has 3 saturated carbocycles. The van der Waals surface area contributed by atoms with Gasteiger partial charge < -0.3 is 10.2 Å². The number of hydrogen-bond acceptors (Lipinski definition) is 2. The second-order valence-corrected chi connectivity index (χ2v) is 14.6. The molecule has 0 unspecified atom stereocenters. The molecule has 5 aliphatic carbocycles. The number of fused-ring (bicyclic) bond motifs is 6. The zero-order valence-corrected chi connectivity index (χ0v) is 22.1. The predicted molar refractivity (Wildman–Crippen MR) is 133 cm³/mol. The third kappa shape index (κ3) is 2.81. The molecule has 0 heterocycles. The van der Waals surface area contributed by atoms with E-state index >= 15 is 0 Å². The summed E-state index contributed by atoms with van der Waals surface area (Å²) in [5.74, 6) is 0.404. The maximum absolute atomic E-state index is 12.2. The lowest BCUT2D eigenvalue weighted by Crippen LogP contribution is -2.63. The summed E-state index contributed by atoms with van der Waals surface area (Å²) < 4.78 is 0. The Morgan fingerprint density at radius 3 is 2.24 bits per heavy atom. The van der Waals surface area contributed by atoms with Crippen molar-refractivity contribution in [3.05, 3.63) is 23.3 Å². The molecule has 0 aromatic carbocycles. The second-order valence-electron chi connectivity index (χ2n) is 14.6. The molecule has 0 radical (unpaired) electrons. The Kier molecular flexibility index (Phi) is 4.85. The Morgan fingerprint density at radius 1 is 0.909 bits per heavy atom. The van der Waals surface area contributed by atoms with Crippen molar-refractivity contribution < 1.29 is 15.0 Å². The van der Waals surface area contributed by atoms with Crippen LogP contribution in [0.1, 0.15) is 106 Å². The van der Waals surface area contributed by atoms with E-state index in [-0.39, 0.29) is 33.2 Å². The van der Waals surface area contributed by atoms with Crippen LogP contribution in [-0.4, -0.2) is 22.3 Å². The van der Waals surface area contributed by atoms with E-state index in [1.807, 2.05) is 6.92 Å². The van der Waals surface area contributed by atoms with E-state index < -0.39 is 11.4 Å². The fourth-order valence-corrected chi connectivity index (χ4v) is 9.87. The predicted octanol–water partition coefficient (Wildman–Crippen LogP) is 7.15. The van der Waals surface area contributed by atoms with E-state index in [4.69, 9.17) is 0 Å². The van der Waals surface area contributed by atoms with Crippen molar-refractivity contribution in [3.63, 3.8) is 0 Å². The highest BCUT2D eigenvalue weighted by atomic mass is 16.4. The van der Waals surface area contributed by atoms with Gasteiger partial charge in [-0.15, -0.1) is 0 Å². The average Bonchev–Trinajstić information content (AvgIpc) is 2.73. The third-order valence-electron chi connectivity index (χ3n) is 12.7. The van der Waals surface area contributed by atoms with Crippen LogP contribution in [0.5, 0.6) is 0 Å². The summed E-state index contributed by atoms with van der Waals surface area (Å²) in [6, 6.07) is 0. The number of carboxylic acid groups (broad SMARTS) is 1. The lowest BCUT2D eigenvalue weighted by atomic mass is 9.35. The highest BCUT2D eigenvalue weighted by Gasteiger charge is 2.66. The van der Waals surface area contributed by atoms with Gasteiger partial charge in [0.2, 0.25) is 0 Å². The Balaban J connectivity index is 1.65. The molecule has 5 rings (SSSR count). The van der Waals surface area contributed by atoms with Crippen molar-refractivity contribution in [1.29, 1.82) is 0 Å². The van der Waals surface area contributed by atoms with Gasteiger partial charge in [-0.1, -0.05) is 59.3 Å². The highest BCUT2D eigenvalue weighted by molar-refractivity contribution is 5.75. The maximum Gasteiger partial charge on any atom is 0.309 e. The first-order chi connectivity index (χ1) is 15.1. The van der Waals surface area contributed by atoms with Crippen LogP contribution in [0.4, 0.5) is 0 Å². The normalized spacial score (nSPS) is 52.9. The number of allylic oxidation sites excluding steroid dienone is 4. The van der Waals surface area contributed by atoms with Crippen LogP contribution in [0.2, 0.25) is 0 Å². The van der Waals surface area contributed by atoms with Gasteiger partial charge in [-0.25, -0.2) is 0 Å². The monoisotopic (exact) mass is 454 g/mol. The molecule has 0 aliphatic heterocycles. The highest BCUT2D eigenvalue weighted by Crippen LogP contribution is 2.74. The lowest BCUT2D eigenvalue weighted by Gasteiger charge is -2.69. The Bertz CT molecular complexity index is 944. The van der Waals surface area contributed by atoms with Gasteiger partial charge in [-0.05, 0) is 109 Å². The molecule has 33 heavy (non-hydrogen) atoms. The summed E-state index contributed by atoms with van der Waals surface area (Å²) in [7, 11) is 0. The molecule has 184 valence electrons. The first-order valence-corrected chi connectivity index (χ1v) is 13.5. The number of aliphatic carboxylic acids is 1. The Labute approximate surface area is 201 Å². The van der Waals surface area contributed by atoms with Crippen molar-refractivity contribution in [2.24, 2.45) is 44.3 Å². The van der Waals surface area contributed by atoms with Crippen LogP contribution in [0, 0.1) is 44.3 Å². The second kappa shape index (κ2) is 6.77. The summed E-state index contributed by atoms with van der Waals surface area (Å²) in [6.07, 6.45) is 14.0. The number of carbonyl (C=O) groups is 1. The SMILES string of the molecule is CC1(C)[C@@H](O)CC[C@]2(C)[C@H]3C=CC4=C5C[C@@](C)(C(=O)O)CC[C@]5(C)CC[C@@]4(C)[C@]3(C)CC[C@@H]12. The largest absolute Gasteiger partial charge is 0.481 e. The van der Waals surface area contributed by atoms with Crippen LogP contribution < -0.4 is 0 Å². The first-order valence-electron chi connectivity index (χ1n) is 13.5. The standard InChI is InChI=1S/C30H46O3/c1-25(2)21-10-13-30(7)22(28(21,5)12-11-23(25)31)9-8-19-20-18-27(4,24(32)33)15-14-26(20,3)16-17-29(19,30)6/h8-9,21-23,31H,10-18H2,1-7H3,(H,32,33)/t21-,22+,23-,26+,27-,28-,29+,30+/m0/s1. The number of aliphatic hydroxyl groups excluding tert-OH is 1. The minimum atomic E-state index is -0.640. The van der Waals surface area contributed by atoms with E-state index in [2.05, 4.69) is 53.7 Å². The quantitative estimate of drug-likeness (QED) is 0.442. The molecule has 0 bridgehead atoms. The minimum Gasteiger partial charge on any atom is -0.481 e. The zero-order valence-electron chi connectivity index (χ0n) is 22.1. The molecule has 3 heteroatoms. The fraction of sp³-hybridized carbons (Fsp3) is 0.833. The van der Waals surface area contributed by atoms with Gasteiger partial charge in [0.15, 0.2) is 0 Å². The smallest absolute Gasteiger partial charge is 0.309 e. The molecule has 8 atom stereocenters. The van der Waals surface area contributed by atoms with E-state index in [1.54, 1.807) is 0 Å². The summed E-state index contributed by atoms with van der Waals surface area (Å²) >= 11 is 0. The molecule has 3 nitrogen and oxygen atoms in total. The molecule has 3 fully saturated rings. The molecule has 0 saturated heterocycles. The van der Waals surface area contributed by atoms with Crippen LogP contribution >= 0.6 is 0 Å². The van der Waals surface area contributed by atoms with Crippen molar-refractivity contribution in [2.75, 3.05) is 0 Å². The van der Waals surface area contributed by atoms with E-state index in [0.29, 0.717) is 18.3 Å². The molecule has 0 aromatic heterocycles. The van der Waals surface area contributed by atoms with Gasteiger partial charge in [0, 0.05) is 0 Å². The summed E-state index contributed by atoms with van der Waals surface area (Å²) in [6.45, 7) is 16.6. The molecular weight excluding hydrogens is 408 g/mol. The number of aliphatic hydroxyl groups is 1. The zero-order chi connectivity index (χ0) is 24.2. The molecule has 5 aliphatic rings. The Morgan fingerprint density at radius 2 is 1.58 bits per heavy atom. The molecule has 0 aromatic rings. The van der Waals surface area contributed by atoms with Crippen LogP contribution in [0.15, 0.2) is 23.3 Å². The van der Waals surface area contributed by atoms with Crippen LogP contribution in [-0.2, 0) is 4.79 Å². The van der Waals surface area contributed by atoms with E-state index in [0.717, 1.165) is 25.7 Å². The number of hydrogen-bond donors (Lipinski definition) is 2. The topological polar surface area (TPSA) is 57.5 Å². The van der Waals surface area contributed by atoms with Crippen molar-refractivity contribution in [3.8, 4) is 0 Å². The molecule has 0 spiro atoms. The molecule has 2 N–H and O–H groups in total. The minimum absolute atomic E-state index is 0.0420. The van der Waals surface area contributed by atoms with Gasteiger partial charge in [-0.2, -0.15) is 0 Å². The Hall–Kier alpha value is -1.09. The molecule has 0 amide bonds. The van der Waals surface area contributed by atoms with Gasteiger partial charge in [0.1, 0.15) is 0 Å². The summed E-state index contributed by atoms with van der Waals surface area (Å²) in [4.78, 5) is 12.2. The fourth-order valence-electron chi connectivity index (χ4n) is 9.87. The number of rotatable bonds is 1.